The van der Waals surface area contributed by atoms with Crippen molar-refractivity contribution in [1.29, 1.82) is 0 Å². The Morgan fingerprint density at radius 1 is 1.05 bits per heavy atom. The summed E-state index contributed by atoms with van der Waals surface area (Å²) in [5, 5.41) is 6.66. The van der Waals surface area contributed by atoms with Crippen LogP contribution in [0.15, 0.2) is 52.4 Å². The lowest BCUT2D eigenvalue weighted by atomic mass is 10.1. The molecule has 0 saturated heterocycles. The van der Waals surface area contributed by atoms with Gasteiger partial charge in [0.1, 0.15) is 34.8 Å². The Hall–Kier alpha value is -5.27. The van der Waals surface area contributed by atoms with Crippen molar-refractivity contribution in [2.24, 2.45) is 0 Å². The number of hydrogen-bond donors (Lipinski definition) is 2. The number of amides is 1. The lowest BCUT2D eigenvalue weighted by molar-refractivity contribution is 0.0943. The minimum Gasteiger partial charge on any atom is -0.496 e. The van der Waals surface area contributed by atoms with Crippen molar-refractivity contribution in [2.45, 2.75) is 13.1 Å². The van der Waals surface area contributed by atoms with E-state index in [-0.39, 0.29) is 29.9 Å². The molecule has 0 atom stereocenters. The third-order valence-corrected chi connectivity index (χ3v) is 5.70. The summed E-state index contributed by atoms with van der Waals surface area (Å²) in [4.78, 5) is 45.4. The molecule has 194 valence electrons. The molecular weight excluding hydrogens is 496 g/mol. The van der Waals surface area contributed by atoms with Gasteiger partial charge in [-0.2, -0.15) is 0 Å². The summed E-state index contributed by atoms with van der Waals surface area (Å²) in [5.74, 6) is 1.84. The first kappa shape index (κ1) is 24.4. The second kappa shape index (κ2) is 10.4. The summed E-state index contributed by atoms with van der Waals surface area (Å²) in [6.07, 6.45) is 5.57. The molecule has 1 amide bonds. The first-order valence-corrected chi connectivity index (χ1v) is 11.2. The maximum Gasteiger partial charge on any atom is 0.272 e. The number of rotatable bonds is 9. The van der Waals surface area contributed by atoms with E-state index in [1.54, 1.807) is 30.6 Å². The number of nitrogens with zero attached hydrogens (tertiary/aromatic N) is 6. The summed E-state index contributed by atoms with van der Waals surface area (Å²) in [7, 11) is 4.53. The van der Waals surface area contributed by atoms with Crippen molar-refractivity contribution in [3.05, 3.63) is 70.5 Å². The molecule has 4 heterocycles. The second-order valence-electron chi connectivity index (χ2n) is 7.89. The van der Waals surface area contributed by atoms with Gasteiger partial charge in [-0.15, -0.1) is 0 Å². The quantitative estimate of drug-likeness (QED) is 0.290. The maximum absolute atomic E-state index is 13.0. The molecule has 0 fully saturated rings. The SMILES string of the molecule is COc1cc(OC)c(Cn2c(=O)cnc3c(C(=O)NCc4cc(-c5ncc[nH]5)no4)ncnc32)c(OC)c1. The van der Waals surface area contributed by atoms with Crippen LogP contribution in [0, 0.1) is 0 Å². The molecule has 0 aliphatic carbocycles. The molecule has 5 aromatic rings. The lowest BCUT2D eigenvalue weighted by Gasteiger charge is -2.17. The van der Waals surface area contributed by atoms with Gasteiger partial charge in [0.05, 0.1) is 46.2 Å². The van der Waals surface area contributed by atoms with Crippen LogP contribution in [0.5, 0.6) is 17.2 Å². The third-order valence-electron chi connectivity index (χ3n) is 5.70. The number of fused-ring (bicyclic) bond motifs is 1. The van der Waals surface area contributed by atoms with Gasteiger partial charge in [0.25, 0.3) is 11.5 Å². The molecular formula is C24H22N8O6. The molecule has 5 rings (SSSR count). The number of ether oxygens (including phenoxy) is 3. The van der Waals surface area contributed by atoms with Crippen LogP contribution in [-0.4, -0.2) is 61.9 Å². The van der Waals surface area contributed by atoms with Crippen molar-refractivity contribution in [2.75, 3.05) is 21.3 Å². The molecule has 0 unspecified atom stereocenters. The van der Waals surface area contributed by atoms with E-state index in [1.165, 1.54) is 32.2 Å². The molecule has 2 N–H and O–H groups in total. The Labute approximate surface area is 214 Å². The smallest absolute Gasteiger partial charge is 0.272 e. The fourth-order valence-electron chi connectivity index (χ4n) is 3.85. The second-order valence-corrected chi connectivity index (χ2v) is 7.89. The van der Waals surface area contributed by atoms with Gasteiger partial charge >= 0.3 is 0 Å². The Bertz CT molecular complexity index is 1640. The number of carbonyl (C=O) groups is 1. The molecule has 0 bridgehead atoms. The van der Waals surface area contributed by atoms with Crippen molar-refractivity contribution in [3.8, 4) is 28.8 Å². The number of aromatic nitrogens is 7. The van der Waals surface area contributed by atoms with Gasteiger partial charge in [0, 0.05) is 30.6 Å². The molecule has 4 aromatic heterocycles. The van der Waals surface area contributed by atoms with E-state index in [9.17, 15) is 9.59 Å². The van der Waals surface area contributed by atoms with Crippen LogP contribution >= 0.6 is 0 Å². The topological polar surface area (TPSA) is 172 Å². The van der Waals surface area contributed by atoms with E-state index in [0.29, 0.717) is 40.1 Å². The van der Waals surface area contributed by atoms with Crippen molar-refractivity contribution in [3.63, 3.8) is 0 Å². The molecule has 0 radical (unpaired) electrons. The van der Waals surface area contributed by atoms with Crippen LogP contribution in [0.2, 0.25) is 0 Å². The Morgan fingerprint density at radius 2 is 1.84 bits per heavy atom. The molecule has 0 aliphatic rings. The fourth-order valence-corrected chi connectivity index (χ4v) is 3.85. The third kappa shape index (κ3) is 4.61. The molecule has 0 aliphatic heterocycles. The van der Waals surface area contributed by atoms with Crippen molar-refractivity contribution >= 4 is 17.1 Å². The van der Waals surface area contributed by atoms with E-state index >= 15 is 0 Å². The molecule has 38 heavy (non-hydrogen) atoms. The molecule has 0 saturated carbocycles. The fraction of sp³-hybridized carbons (Fsp3) is 0.208. The van der Waals surface area contributed by atoms with Crippen molar-refractivity contribution < 1.29 is 23.5 Å². The summed E-state index contributed by atoms with van der Waals surface area (Å²) in [6, 6.07) is 5.02. The monoisotopic (exact) mass is 518 g/mol. The number of imidazole rings is 1. The Kier molecular flexibility index (Phi) is 6.67. The standard InChI is InChI=1S/C24H22N8O6/c1-35-13-7-17(36-2)15(18(8-13)37-3)11-32-19(33)10-27-20-21(29-12-30-23(20)32)24(34)28-9-14-6-16(31-38-14)22-25-4-5-26-22/h4-8,10,12H,9,11H2,1-3H3,(H,25,26)(H,28,34). The molecule has 14 nitrogen and oxygen atoms in total. The summed E-state index contributed by atoms with van der Waals surface area (Å²) < 4.78 is 22.9. The summed E-state index contributed by atoms with van der Waals surface area (Å²) >= 11 is 0. The average molecular weight is 518 g/mol. The first-order valence-electron chi connectivity index (χ1n) is 11.2. The number of carbonyl (C=O) groups excluding carboxylic acids is 1. The normalized spacial score (nSPS) is 10.9. The van der Waals surface area contributed by atoms with Crippen LogP contribution in [0.3, 0.4) is 0 Å². The number of hydrogen-bond acceptors (Lipinski definition) is 11. The van der Waals surface area contributed by atoms with E-state index in [4.69, 9.17) is 18.7 Å². The average Bonchev–Trinajstić information content (AvgIpc) is 3.65. The predicted octanol–water partition coefficient (Wildman–Crippen LogP) is 1.57. The minimum absolute atomic E-state index is 0.0109. The zero-order valence-corrected chi connectivity index (χ0v) is 20.6. The first-order chi connectivity index (χ1) is 18.5. The van der Waals surface area contributed by atoms with Crippen LogP contribution in [0.25, 0.3) is 22.7 Å². The highest BCUT2D eigenvalue weighted by molar-refractivity contribution is 6.01. The highest BCUT2D eigenvalue weighted by Gasteiger charge is 2.20. The van der Waals surface area contributed by atoms with Gasteiger partial charge in [-0.1, -0.05) is 5.16 Å². The van der Waals surface area contributed by atoms with Crippen LogP contribution in [0.4, 0.5) is 0 Å². The summed E-state index contributed by atoms with van der Waals surface area (Å²) in [6.45, 7) is 0.0673. The van der Waals surface area contributed by atoms with Gasteiger partial charge in [-0.05, 0) is 0 Å². The number of benzene rings is 1. The molecule has 14 heteroatoms. The number of aromatic amines is 1. The van der Waals surface area contributed by atoms with E-state index in [1.807, 2.05) is 0 Å². The predicted molar refractivity (Wildman–Crippen MR) is 132 cm³/mol. The van der Waals surface area contributed by atoms with Crippen LogP contribution in [0.1, 0.15) is 21.8 Å². The zero-order chi connectivity index (χ0) is 26.6. The summed E-state index contributed by atoms with van der Waals surface area (Å²) in [5.41, 5.74) is 0.939. The molecule has 1 aromatic carbocycles. The zero-order valence-electron chi connectivity index (χ0n) is 20.6. The Balaban J connectivity index is 1.45. The number of nitrogens with one attached hydrogen (secondary N) is 2. The van der Waals surface area contributed by atoms with Gasteiger partial charge in [-0.3, -0.25) is 14.2 Å². The van der Waals surface area contributed by atoms with E-state index in [2.05, 4.69) is 35.4 Å². The lowest BCUT2D eigenvalue weighted by Crippen LogP contribution is -2.27. The van der Waals surface area contributed by atoms with E-state index in [0.717, 1.165) is 6.20 Å². The molecule has 0 spiro atoms. The van der Waals surface area contributed by atoms with Crippen molar-refractivity contribution in [1.82, 2.24) is 40.0 Å². The van der Waals surface area contributed by atoms with Crippen LogP contribution < -0.4 is 25.1 Å². The maximum atomic E-state index is 13.0. The van der Waals surface area contributed by atoms with Gasteiger partial charge in [-0.25, -0.2) is 19.9 Å². The Morgan fingerprint density at radius 3 is 2.53 bits per heavy atom. The van der Waals surface area contributed by atoms with E-state index < -0.39 is 11.5 Å². The van der Waals surface area contributed by atoms with Gasteiger partial charge in [0.15, 0.2) is 22.9 Å². The number of H-pyrrole nitrogens is 1. The van der Waals surface area contributed by atoms with Gasteiger partial charge < -0.3 is 29.0 Å². The minimum atomic E-state index is -0.536. The van der Waals surface area contributed by atoms with Crippen LogP contribution in [-0.2, 0) is 13.1 Å². The largest absolute Gasteiger partial charge is 0.496 e. The number of methoxy groups -OCH3 is 3. The van der Waals surface area contributed by atoms with Gasteiger partial charge in [0.2, 0.25) is 0 Å². The highest BCUT2D eigenvalue weighted by Crippen LogP contribution is 2.34. The highest BCUT2D eigenvalue weighted by atomic mass is 16.5.